The van der Waals surface area contributed by atoms with Crippen molar-refractivity contribution in [1.82, 2.24) is 0 Å². The highest BCUT2D eigenvalue weighted by Gasteiger charge is 2.02. The Hall–Kier alpha value is -2.28. The fraction of sp³-hybridized carbons (Fsp3) is 0. The Morgan fingerprint density at radius 1 is 0.526 bits per heavy atom. The quantitative estimate of drug-likeness (QED) is 0.326. The average molecular weight is 240 g/mol. The van der Waals surface area contributed by atoms with Gasteiger partial charge in [0.1, 0.15) is 7.85 Å². The van der Waals surface area contributed by atoms with Gasteiger partial charge in [-0.2, -0.15) is 0 Å². The molecule has 4 rings (SSSR count). The van der Waals surface area contributed by atoms with Gasteiger partial charge in [-0.1, -0.05) is 47.9 Å². The molecule has 1 heteroatoms. The smallest absolute Gasteiger partial charge is 0.0813 e. The van der Waals surface area contributed by atoms with Crippen LogP contribution < -0.4 is 5.46 Å². The summed E-state index contributed by atoms with van der Waals surface area (Å²) in [5.74, 6) is 0. The normalized spacial score (nSPS) is 11.4. The first kappa shape index (κ1) is 10.6. The van der Waals surface area contributed by atoms with Gasteiger partial charge in [-0.25, -0.2) is 0 Å². The summed E-state index contributed by atoms with van der Waals surface area (Å²) >= 11 is 0. The van der Waals surface area contributed by atoms with E-state index in [0.29, 0.717) is 0 Å². The molecule has 0 aliphatic heterocycles. The first-order chi connectivity index (χ1) is 9.31. The van der Waals surface area contributed by atoms with Crippen LogP contribution in [-0.2, 0) is 0 Å². The summed E-state index contributed by atoms with van der Waals surface area (Å²) in [7, 11) is 2.18. The summed E-state index contributed by atoms with van der Waals surface area (Å²) in [5, 5.41) is 7.93. The Labute approximate surface area is 113 Å². The molecule has 0 amide bonds. The molecule has 0 heterocycles. The molecule has 4 aromatic carbocycles. The van der Waals surface area contributed by atoms with Crippen LogP contribution in [0.25, 0.3) is 32.3 Å². The predicted molar refractivity (Wildman–Crippen MR) is 87.1 cm³/mol. The molecule has 0 atom stereocenters. The third kappa shape index (κ3) is 1.62. The Bertz CT molecular complexity index is 922. The van der Waals surface area contributed by atoms with Crippen molar-refractivity contribution in [1.29, 1.82) is 0 Å². The highest BCUT2D eigenvalue weighted by Crippen LogP contribution is 2.26. The lowest BCUT2D eigenvalue weighted by atomic mass is 9.88. The van der Waals surface area contributed by atoms with E-state index in [1.165, 1.54) is 37.8 Å². The molecule has 0 N–H and O–H groups in total. The highest BCUT2D eigenvalue weighted by molar-refractivity contribution is 6.39. The highest BCUT2D eigenvalue weighted by atomic mass is 14.0. The van der Waals surface area contributed by atoms with Crippen LogP contribution in [0.5, 0.6) is 0 Å². The third-order valence-electron chi connectivity index (χ3n) is 3.92. The van der Waals surface area contributed by atoms with Gasteiger partial charge in [-0.15, -0.1) is 0 Å². The zero-order chi connectivity index (χ0) is 12.8. The van der Waals surface area contributed by atoms with Gasteiger partial charge >= 0.3 is 0 Å². The molecule has 19 heavy (non-hydrogen) atoms. The van der Waals surface area contributed by atoms with Crippen molar-refractivity contribution < 1.29 is 0 Å². The zero-order valence-corrected chi connectivity index (χ0v) is 10.9. The van der Waals surface area contributed by atoms with Crippen LogP contribution in [0.3, 0.4) is 0 Å². The molecule has 88 valence electrons. The van der Waals surface area contributed by atoms with Crippen LogP contribution >= 0.6 is 0 Å². The van der Waals surface area contributed by atoms with Crippen LogP contribution in [0.1, 0.15) is 0 Å². The number of rotatable bonds is 0. The van der Waals surface area contributed by atoms with Gasteiger partial charge in [-0.05, 0) is 56.6 Å². The molecular formula is C18H13B. The topological polar surface area (TPSA) is 0 Å². The Kier molecular flexibility index (Phi) is 2.16. The SMILES string of the molecule is Bc1cccc2cc3cc4ccccc4cc3cc12. The van der Waals surface area contributed by atoms with E-state index in [0.717, 1.165) is 0 Å². The van der Waals surface area contributed by atoms with Gasteiger partial charge in [0.2, 0.25) is 0 Å². The number of fused-ring (bicyclic) bond motifs is 3. The van der Waals surface area contributed by atoms with Gasteiger partial charge in [0.15, 0.2) is 0 Å². The van der Waals surface area contributed by atoms with Crippen molar-refractivity contribution in [2.24, 2.45) is 0 Å². The minimum Gasteiger partial charge on any atom is -0.0813 e. The lowest BCUT2D eigenvalue weighted by molar-refractivity contribution is 1.79. The van der Waals surface area contributed by atoms with E-state index in [2.05, 4.69) is 74.6 Å². The van der Waals surface area contributed by atoms with Crippen LogP contribution in [0.2, 0.25) is 0 Å². The van der Waals surface area contributed by atoms with Gasteiger partial charge in [-0.3, -0.25) is 0 Å². The van der Waals surface area contributed by atoms with Crippen molar-refractivity contribution >= 4 is 45.6 Å². The van der Waals surface area contributed by atoms with Gasteiger partial charge in [0.25, 0.3) is 0 Å². The molecule has 0 fully saturated rings. The van der Waals surface area contributed by atoms with E-state index >= 15 is 0 Å². The van der Waals surface area contributed by atoms with E-state index in [-0.39, 0.29) is 0 Å². The second-order valence-corrected chi connectivity index (χ2v) is 5.19. The lowest BCUT2D eigenvalue weighted by Gasteiger charge is -2.07. The molecule has 0 aliphatic rings. The van der Waals surface area contributed by atoms with Crippen molar-refractivity contribution in [3.63, 3.8) is 0 Å². The minimum absolute atomic E-state index is 1.31. The molecule has 0 aromatic heterocycles. The Morgan fingerprint density at radius 2 is 1.11 bits per heavy atom. The lowest BCUT2D eigenvalue weighted by Crippen LogP contribution is -2.02. The van der Waals surface area contributed by atoms with E-state index < -0.39 is 0 Å². The molecule has 0 nitrogen and oxygen atoms in total. The van der Waals surface area contributed by atoms with Crippen molar-refractivity contribution in [3.05, 3.63) is 66.7 Å². The average Bonchev–Trinajstić information content (AvgIpc) is 2.44. The van der Waals surface area contributed by atoms with Crippen LogP contribution in [0.15, 0.2) is 66.7 Å². The van der Waals surface area contributed by atoms with Crippen LogP contribution in [0.4, 0.5) is 0 Å². The van der Waals surface area contributed by atoms with E-state index in [4.69, 9.17) is 0 Å². The zero-order valence-electron chi connectivity index (χ0n) is 10.9. The largest absolute Gasteiger partial charge is 0.140 e. The Morgan fingerprint density at radius 3 is 1.84 bits per heavy atom. The fourth-order valence-corrected chi connectivity index (χ4v) is 2.87. The number of hydrogen-bond acceptors (Lipinski definition) is 0. The fourth-order valence-electron chi connectivity index (χ4n) is 2.87. The maximum Gasteiger partial charge on any atom is 0.140 e. The summed E-state index contributed by atoms with van der Waals surface area (Å²) in [4.78, 5) is 0. The van der Waals surface area contributed by atoms with Gasteiger partial charge in [0, 0.05) is 0 Å². The minimum atomic E-state index is 1.31. The number of benzene rings is 4. The van der Waals surface area contributed by atoms with E-state index in [9.17, 15) is 0 Å². The molecule has 0 aliphatic carbocycles. The molecule has 0 saturated heterocycles. The van der Waals surface area contributed by atoms with E-state index in [1.54, 1.807) is 0 Å². The Balaban J connectivity index is 2.20. The summed E-state index contributed by atoms with van der Waals surface area (Å²) in [6.45, 7) is 0. The first-order valence-electron chi connectivity index (χ1n) is 6.63. The second kappa shape index (κ2) is 3.86. The molecule has 0 bridgehead atoms. The summed E-state index contributed by atoms with van der Waals surface area (Å²) < 4.78 is 0. The number of hydrogen-bond donors (Lipinski definition) is 0. The predicted octanol–water partition coefficient (Wildman–Crippen LogP) is 3.40. The second-order valence-electron chi connectivity index (χ2n) is 5.19. The molecular weight excluding hydrogens is 227 g/mol. The third-order valence-corrected chi connectivity index (χ3v) is 3.92. The van der Waals surface area contributed by atoms with Crippen molar-refractivity contribution in [2.45, 2.75) is 0 Å². The maximum absolute atomic E-state index is 2.31. The molecule has 0 spiro atoms. The summed E-state index contributed by atoms with van der Waals surface area (Å²) in [6.07, 6.45) is 0. The van der Waals surface area contributed by atoms with Crippen LogP contribution in [0, 0.1) is 0 Å². The van der Waals surface area contributed by atoms with Gasteiger partial charge < -0.3 is 0 Å². The summed E-state index contributed by atoms with van der Waals surface area (Å²) in [5.41, 5.74) is 1.34. The van der Waals surface area contributed by atoms with E-state index in [1.807, 2.05) is 0 Å². The van der Waals surface area contributed by atoms with Crippen molar-refractivity contribution in [2.75, 3.05) is 0 Å². The van der Waals surface area contributed by atoms with Crippen molar-refractivity contribution in [3.8, 4) is 0 Å². The molecule has 0 radical (unpaired) electrons. The van der Waals surface area contributed by atoms with Crippen LogP contribution in [-0.4, -0.2) is 7.85 Å². The monoisotopic (exact) mass is 240 g/mol. The first-order valence-corrected chi connectivity index (χ1v) is 6.63. The molecule has 4 aromatic rings. The maximum atomic E-state index is 2.31. The van der Waals surface area contributed by atoms with Gasteiger partial charge in [0.05, 0.1) is 0 Å². The molecule has 0 saturated carbocycles. The molecule has 0 unspecified atom stereocenters. The summed E-state index contributed by atoms with van der Waals surface area (Å²) in [6, 6.07) is 24.2. The standard InChI is InChI=1S/C18H13B/c19-18-7-3-6-14-10-15-8-12-4-1-2-5-13(12)9-16(15)11-17(14)18/h1-11H,19H2.